The predicted octanol–water partition coefficient (Wildman–Crippen LogP) is 2.69. The van der Waals surface area contributed by atoms with Crippen LogP contribution in [0.5, 0.6) is 0 Å². The summed E-state index contributed by atoms with van der Waals surface area (Å²) in [6.07, 6.45) is 2.33. The fourth-order valence-corrected chi connectivity index (χ4v) is 8.62. The van der Waals surface area contributed by atoms with Crippen LogP contribution in [0.4, 0.5) is 4.79 Å². The van der Waals surface area contributed by atoms with Crippen molar-refractivity contribution in [3.05, 3.63) is 71.3 Å². The molecule has 1 aliphatic heterocycles. The molecule has 2 unspecified atom stereocenters. The van der Waals surface area contributed by atoms with E-state index in [0.717, 1.165) is 24.0 Å². The number of alkyl carbamates (subject to hydrolysis) is 1. The van der Waals surface area contributed by atoms with E-state index in [1.54, 1.807) is 70.1 Å². The van der Waals surface area contributed by atoms with E-state index >= 15 is 0 Å². The highest BCUT2D eigenvalue weighted by molar-refractivity contribution is 6.38. The summed E-state index contributed by atoms with van der Waals surface area (Å²) in [5, 5.41) is 10.7. The molecular formula is C43H56N6O8. The van der Waals surface area contributed by atoms with Crippen LogP contribution < -0.4 is 21.3 Å². The normalized spacial score (nSPS) is 22.2. The monoisotopic (exact) mass is 784 g/mol. The van der Waals surface area contributed by atoms with Gasteiger partial charge in [0.25, 0.3) is 5.91 Å². The molecule has 1 heterocycles. The maximum absolute atomic E-state index is 14.7. The number of benzene rings is 2. The number of ketones is 1. The molecule has 4 aliphatic rings. The number of nitrogens with zero attached hydrogens (tertiary/aromatic N) is 2. The van der Waals surface area contributed by atoms with Crippen LogP contribution >= 0.6 is 0 Å². The number of amides is 6. The highest BCUT2D eigenvalue weighted by atomic mass is 16.6. The summed E-state index contributed by atoms with van der Waals surface area (Å²) in [5.41, 5.74) is 1.71. The molecule has 0 bridgehead atoms. The van der Waals surface area contributed by atoms with Crippen LogP contribution in [0.3, 0.4) is 0 Å². The number of likely N-dealkylation sites (tertiary alicyclic amines) is 1. The first kappa shape index (κ1) is 41.4. The van der Waals surface area contributed by atoms with Gasteiger partial charge in [-0.1, -0.05) is 81.3 Å². The Kier molecular flexibility index (Phi) is 11.8. The van der Waals surface area contributed by atoms with Crippen molar-refractivity contribution in [1.82, 2.24) is 31.1 Å². The molecule has 57 heavy (non-hydrogen) atoms. The molecule has 3 aliphatic carbocycles. The lowest BCUT2D eigenvalue weighted by atomic mass is 9.93. The lowest BCUT2D eigenvalue weighted by Crippen LogP contribution is -2.60. The zero-order valence-electron chi connectivity index (χ0n) is 33.9. The van der Waals surface area contributed by atoms with Crippen molar-refractivity contribution in [2.24, 2.45) is 29.1 Å². The van der Waals surface area contributed by atoms with Crippen molar-refractivity contribution in [2.45, 2.75) is 96.5 Å². The third-order valence-electron chi connectivity index (χ3n) is 11.9. The Hall–Kier alpha value is -5.27. The number of nitrogens with one attached hydrogen (secondary N) is 4. The van der Waals surface area contributed by atoms with Gasteiger partial charge in [0.2, 0.25) is 29.4 Å². The van der Waals surface area contributed by atoms with Crippen LogP contribution in [0, 0.1) is 29.1 Å². The second-order valence-corrected chi connectivity index (χ2v) is 17.9. The molecule has 14 heteroatoms. The fraction of sp³-hybridized carbons (Fsp3) is 0.558. The molecule has 3 fully saturated rings. The summed E-state index contributed by atoms with van der Waals surface area (Å²) in [5.74, 6) is -4.22. The number of rotatable bonds is 14. The number of Topliss-reactive ketones (excluding diaryl/α,β-unsaturated/α-hetero) is 1. The minimum Gasteiger partial charge on any atom is -0.444 e. The Morgan fingerprint density at radius 3 is 2.07 bits per heavy atom. The Balaban J connectivity index is 1.15. The number of carbonyl (C=O) groups is 7. The number of piperidine rings is 1. The summed E-state index contributed by atoms with van der Waals surface area (Å²) >= 11 is 0. The van der Waals surface area contributed by atoms with Crippen molar-refractivity contribution < 1.29 is 38.3 Å². The molecule has 4 N–H and O–H groups in total. The third-order valence-corrected chi connectivity index (χ3v) is 11.9. The van der Waals surface area contributed by atoms with Gasteiger partial charge in [-0.05, 0) is 85.8 Å². The molecule has 306 valence electrons. The third kappa shape index (κ3) is 9.48. The lowest BCUT2D eigenvalue weighted by Gasteiger charge is -2.35. The van der Waals surface area contributed by atoms with Gasteiger partial charge in [0.1, 0.15) is 23.7 Å². The summed E-state index contributed by atoms with van der Waals surface area (Å²) in [7, 11) is 3.14. The van der Waals surface area contributed by atoms with E-state index in [0.29, 0.717) is 24.9 Å². The fourth-order valence-electron chi connectivity index (χ4n) is 8.62. The topological polar surface area (TPSA) is 183 Å². The van der Waals surface area contributed by atoms with E-state index < -0.39 is 71.8 Å². The van der Waals surface area contributed by atoms with Crippen molar-refractivity contribution in [1.29, 1.82) is 0 Å². The number of likely N-dealkylation sites (N-methyl/N-ethyl adjacent to an activating group) is 1. The SMILES string of the molecule is CN(C)C(=O)[C@@H](NC(=O)CNC(=O)C(=O)C(CC1CC1)NC(=O)C1[C@@H]2[C@H](CN1C(=O)[C@@H](NC(=O)OC(C)(C)C)C1Cc3ccccc3C1)C2(C)C)c1ccccc1. The van der Waals surface area contributed by atoms with E-state index in [1.807, 2.05) is 38.1 Å². The summed E-state index contributed by atoms with van der Waals surface area (Å²) in [6, 6.07) is 12.5. The second-order valence-electron chi connectivity index (χ2n) is 17.9. The molecule has 2 saturated carbocycles. The molecule has 6 atom stereocenters. The molecule has 6 rings (SSSR count). The van der Waals surface area contributed by atoms with Gasteiger partial charge in [-0.25, -0.2) is 4.79 Å². The van der Waals surface area contributed by atoms with Crippen molar-refractivity contribution in [2.75, 3.05) is 27.2 Å². The predicted molar refractivity (Wildman–Crippen MR) is 210 cm³/mol. The van der Waals surface area contributed by atoms with Crippen molar-refractivity contribution in [3.8, 4) is 0 Å². The van der Waals surface area contributed by atoms with Crippen LogP contribution in [0.25, 0.3) is 0 Å². The van der Waals surface area contributed by atoms with E-state index in [2.05, 4.69) is 21.3 Å². The van der Waals surface area contributed by atoms with Crippen molar-refractivity contribution in [3.63, 3.8) is 0 Å². The number of hydrogen-bond acceptors (Lipinski definition) is 8. The summed E-state index contributed by atoms with van der Waals surface area (Å²) < 4.78 is 5.58. The molecule has 0 spiro atoms. The van der Waals surface area contributed by atoms with Crippen LogP contribution in [0.2, 0.25) is 0 Å². The Labute approximate surface area is 334 Å². The average Bonchev–Trinajstić information content (AvgIpc) is 3.91. The zero-order valence-corrected chi connectivity index (χ0v) is 33.9. The van der Waals surface area contributed by atoms with Gasteiger partial charge in [0.15, 0.2) is 0 Å². The maximum Gasteiger partial charge on any atom is 0.408 e. The number of ether oxygens (including phenoxy) is 1. The quantitative estimate of drug-likeness (QED) is 0.211. The van der Waals surface area contributed by atoms with E-state index in [4.69, 9.17) is 4.74 Å². The zero-order chi connectivity index (χ0) is 41.4. The molecule has 2 aromatic rings. The van der Waals surface area contributed by atoms with Crippen molar-refractivity contribution >= 4 is 41.4 Å². The molecule has 6 amide bonds. The summed E-state index contributed by atoms with van der Waals surface area (Å²) in [6.45, 7) is 9.07. The van der Waals surface area contributed by atoms with Gasteiger partial charge >= 0.3 is 6.09 Å². The minimum absolute atomic E-state index is 0.0265. The Morgan fingerprint density at radius 1 is 0.877 bits per heavy atom. The van der Waals surface area contributed by atoms with Gasteiger partial charge in [0, 0.05) is 20.6 Å². The van der Waals surface area contributed by atoms with Gasteiger partial charge < -0.3 is 35.8 Å². The van der Waals surface area contributed by atoms with Gasteiger partial charge in [-0.2, -0.15) is 0 Å². The molecule has 14 nitrogen and oxygen atoms in total. The van der Waals surface area contributed by atoms with Crippen LogP contribution in [-0.2, 0) is 46.3 Å². The Morgan fingerprint density at radius 2 is 1.49 bits per heavy atom. The molecular weight excluding hydrogens is 729 g/mol. The number of hydrogen-bond donors (Lipinski definition) is 4. The average molecular weight is 785 g/mol. The van der Waals surface area contributed by atoms with Crippen LogP contribution in [-0.4, -0.2) is 102 Å². The van der Waals surface area contributed by atoms with Gasteiger partial charge in [0.05, 0.1) is 12.6 Å². The minimum atomic E-state index is -1.18. The molecule has 0 radical (unpaired) electrons. The first-order chi connectivity index (χ1) is 26.9. The first-order valence-electron chi connectivity index (χ1n) is 19.9. The largest absolute Gasteiger partial charge is 0.444 e. The maximum atomic E-state index is 14.7. The lowest BCUT2D eigenvalue weighted by molar-refractivity contribution is -0.145. The van der Waals surface area contributed by atoms with Crippen LogP contribution in [0.15, 0.2) is 54.6 Å². The molecule has 2 aromatic carbocycles. The number of fused-ring (bicyclic) bond motifs is 2. The Bertz CT molecular complexity index is 1880. The highest BCUT2D eigenvalue weighted by Crippen LogP contribution is 2.65. The molecule has 1 saturated heterocycles. The second kappa shape index (κ2) is 16.3. The summed E-state index contributed by atoms with van der Waals surface area (Å²) in [4.78, 5) is 98.0. The van der Waals surface area contributed by atoms with E-state index in [-0.39, 0.29) is 41.4 Å². The molecule has 0 aromatic heterocycles. The highest BCUT2D eigenvalue weighted by Gasteiger charge is 2.70. The standard InChI is InChI=1S/C43H56N6O8/c1-42(2,3)57-41(56)47-34(28-20-26-15-11-12-16-27(26)21-28)40(55)49-23-29-32(43(29,4)5)35(49)37(52)45-30(19-24-17-18-24)36(51)38(53)44-22-31(50)46-33(39(54)48(6)7)25-13-9-8-10-14-25/h8-16,24,28-30,32-35H,17-23H2,1-7H3,(H,44,53)(H,45,52)(H,46,50)(H,47,56)/t29-,30?,32-,33-,34-,35?/m0/s1. The first-order valence-corrected chi connectivity index (χ1v) is 19.9. The van der Waals surface area contributed by atoms with Crippen LogP contribution in [0.1, 0.15) is 76.6 Å². The smallest absolute Gasteiger partial charge is 0.408 e. The van der Waals surface area contributed by atoms with E-state index in [9.17, 15) is 33.6 Å². The van der Waals surface area contributed by atoms with E-state index in [1.165, 1.54) is 4.90 Å². The van der Waals surface area contributed by atoms with Gasteiger partial charge in [-0.3, -0.25) is 28.8 Å². The van der Waals surface area contributed by atoms with Gasteiger partial charge in [-0.15, -0.1) is 0 Å². The number of carbonyl (C=O) groups excluding carboxylic acids is 7.